The first-order chi connectivity index (χ1) is 22.5. The number of aromatic nitrogens is 2. The summed E-state index contributed by atoms with van der Waals surface area (Å²) >= 11 is 0. The van der Waals surface area contributed by atoms with E-state index in [0.29, 0.717) is 13.2 Å². The van der Waals surface area contributed by atoms with Crippen LogP contribution >= 0.6 is 0 Å². The predicted molar refractivity (Wildman–Crippen MR) is 187 cm³/mol. The number of carbonyl (C=O) groups is 2. The average Bonchev–Trinajstić information content (AvgIpc) is 3.46. The monoisotopic (exact) mass is 625 g/mol. The zero-order valence-corrected chi connectivity index (χ0v) is 27.5. The first-order valence-electron chi connectivity index (χ1n) is 17.4. The summed E-state index contributed by atoms with van der Waals surface area (Å²) in [5, 5.41) is 9.49. The molecule has 246 valence electrons. The number of nitrogens with zero attached hydrogens (tertiary/aromatic N) is 1. The maximum absolute atomic E-state index is 11.5. The van der Waals surface area contributed by atoms with Crippen LogP contribution in [0.1, 0.15) is 112 Å². The normalized spacial score (nSPS) is 13.4. The van der Waals surface area contributed by atoms with Gasteiger partial charge in [-0.3, -0.25) is 9.78 Å². The van der Waals surface area contributed by atoms with Gasteiger partial charge in [-0.25, -0.2) is 4.79 Å². The van der Waals surface area contributed by atoms with Crippen molar-refractivity contribution in [1.82, 2.24) is 15.3 Å². The molecule has 8 nitrogen and oxygen atoms in total. The van der Waals surface area contributed by atoms with Gasteiger partial charge >= 0.3 is 6.09 Å². The average molecular weight is 626 g/mol. The Labute approximate surface area is 273 Å². The Bertz CT molecular complexity index is 1600. The number of pyridine rings is 1. The number of fused-ring (bicyclic) bond motifs is 3. The molecule has 2 aromatic carbocycles. The van der Waals surface area contributed by atoms with Crippen LogP contribution in [0, 0.1) is 0 Å². The molecule has 5 N–H and O–H groups in total. The molecule has 1 aliphatic carbocycles. The lowest BCUT2D eigenvalue weighted by molar-refractivity contribution is -0.118. The number of H-pyrrole nitrogens is 1. The Morgan fingerprint density at radius 3 is 2.46 bits per heavy atom. The Balaban J connectivity index is 1.27. The van der Waals surface area contributed by atoms with Gasteiger partial charge < -0.3 is 26.1 Å². The highest BCUT2D eigenvalue weighted by Crippen LogP contribution is 2.37. The number of primary amides is 1. The van der Waals surface area contributed by atoms with Crippen molar-refractivity contribution in [3.63, 3.8) is 0 Å². The number of para-hydroxylation sites is 1. The molecule has 1 unspecified atom stereocenters. The first kappa shape index (κ1) is 33.3. The molecule has 5 rings (SSSR count). The van der Waals surface area contributed by atoms with E-state index >= 15 is 0 Å². The van der Waals surface area contributed by atoms with Crippen molar-refractivity contribution in [2.45, 2.75) is 109 Å². The van der Waals surface area contributed by atoms with Crippen molar-refractivity contribution in [3.8, 4) is 0 Å². The Morgan fingerprint density at radius 2 is 1.67 bits per heavy atom. The minimum Gasteiger partial charge on any atom is -0.450 e. The summed E-state index contributed by atoms with van der Waals surface area (Å²) in [5.74, 6) is 0.00451. The predicted octanol–water partition coefficient (Wildman–Crippen LogP) is 8.42. The Hall–Kier alpha value is -4.07. The molecule has 0 saturated carbocycles. The smallest absolute Gasteiger partial charge is 0.404 e. The molecule has 0 fully saturated rings. The number of aryl methyl sites for hydroxylation is 1. The summed E-state index contributed by atoms with van der Waals surface area (Å²) in [7, 11) is 0. The second-order valence-corrected chi connectivity index (χ2v) is 12.8. The molecule has 0 spiro atoms. The summed E-state index contributed by atoms with van der Waals surface area (Å²) in [6.45, 7) is 2.63. The number of anilines is 1. The van der Waals surface area contributed by atoms with E-state index in [2.05, 4.69) is 64.3 Å². The molecular weight excluding hydrogens is 574 g/mol. The van der Waals surface area contributed by atoms with Crippen LogP contribution in [-0.2, 0) is 28.8 Å². The van der Waals surface area contributed by atoms with E-state index in [1.54, 1.807) is 6.92 Å². The lowest BCUT2D eigenvalue weighted by atomic mass is 9.91. The van der Waals surface area contributed by atoms with Gasteiger partial charge in [0.05, 0.1) is 18.2 Å². The molecule has 2 heterocycles. The first-order valence-corrected chi connectivity index (χ1v) is 17.4. The molecule has 0 bridgehead atoms. The largest absolute Gasteiger partial charge is 0.450 e. The fourth-order valence-electron chi connectivity index (χ4n) is 6.89. The van der Waals surface area contributed by atoms with Crippen LogP contribution in [0.5, 0.6) is 0 Å². The highest BCUT2D eigenvalue weighted by Gasteiger charge is 2.22. The maximum Gasteiger partial charge on any atom is 0.404 e. The van der Waals surface area contributed by atoms with Gasteiger partial charge in [0.2, 0.25) is 5.91 Å². The fourth-order valence-corrected chi connectivity index (χ4v) is 6.89. The molecule has 0 radical (unpaired) electrons. The van der Waals surface area contributed by atoms with E-state index in [1.807, 2.05) is 0 Å². The van der Waals surface area contributed by atoms with Gasteiger partial charge in [-0.15, -0.1) is 0 Å². The van der Waals surface area contributed by atoms with Crippen LogP contribution in [0.25, 0.3) is 21.8 Å². The van der Waals surface area contributed by atoms with Gasteiger partial charge in [-0.1, -0.05) is 75.6 Å². The van der Waals surface area contributed by atoms with E-state index in [-0.39, 0.29) is 11.9 Å². The van der Waals surface area contributed by atoms with Crippen molar-refractivity contribution in [3.05, 3.63) is 71.0 Å². The lowest BCUT2D eigenvalue weighted by Gasteiger charge is -2.27. The molecule has 1 aliphatic rings. The third kappa shape index (κ3) is 9.24. The number of amides is 2. The van der Waals surface area contributed by atoms with Crippen molar-refractivity contribution >= 4 is 39.5 Å². The number of nitrogens with one attached hydrogen (secondary N) is 3. The zero-order chi connectivity index (χ0) is 32.1. The van der Waals surface area contributed by atoms with Gasteiger partial charge in [0.25, 0.3) is 0 Å². The number of carbonyl (C=O) groups excluding carboxylic acids is 2. The van der Waals surface area contributed by atoms with Gasteiger partial charge in [0.15, 0.2) is 0 Å². The van der Waals surface area contributed by atoms with E-state index in [4.69, 9.17) is 15.5 Å². The topological polar surface area (TPSA) is 122 Å². The minimum absolute atomic E-state index is 0.00451. The van der Waals surface area contributed by atoms with Crippen molar-refractivity contribution in [2.75, 3.05) is 18.5 Å². The minimum atomic E-state index is -0.681. The van der Waals surface area contributed by atoms with Gasteiger partial charge in [-0.05, 0) is 79.8 Å². The van der Waals surface area contributed by atoms with Crippen LogP contribution in [0.3, 0.4) is 0 Å². The number of nitrogens with two attached hydrogens (primary N) is 1. The van der Waals surface area contributed by atoms with Gasteiger partial charge in [-0.2, -0.15) is 0 Å². The summed E-state index contributed by atoms with van der Waals surface area (Å²) in [5.41, 5.74) is 13.7. The summed E-state index contributed by atoms with van der Waals surface area (Å²) in [6, 6.07) is 15.6. The molecule has 2 amide bonds. The van der Waals surface area contributed by atoms with Crippen molar-refractivity contribution in [1.29, 1.82) is 0 Å². The molecule has 1 atom stereocenters. The SMILES string of the molecule is CC(=O)NCCc1c[nH]c2ccc(C(CCCCCCCCCCCOC(N)=O)Nc3c4c(nc5ccccc35)CCCC4)cc12. The number of hydrogen-bond donors (Lipinski definition) is 4. The van der Waals surface area contributed by atoms with Crippen LogP contribution in [-0.4, -0.2) is 35.1 Å². The Morgan fingerprint density at radius 1 is 0.935 bits per heavy atom. The fraction of sp³-hybridized carbons (Fsp3) is 0.500. The van der Waals surface area contributed by atoms with E-state index in [0.717, 1.165) is 56.0 Å². The molecule has 0 saturated heterocycles. The summed E-state index contributed by atoms with van der Waals surface area (Å²) < 4.78 is 4.81. The third-order valence-corrected chi connectivity index (χ3v) is 9.33. The van der Waals surface area contributed by atoms with E-state index in [9.17, 15) is 9.59 Å². The standard InChI is InChI=1S/C38H51N5O3/c1-27(44)40-23-22-29-26-41-34-21-20-28(25-32(29)34)33(17-9-7-5-3-2-4-6-8-14-24-46-38(39)45)43-37-30-15-10-12-18-35(30)42-36-19-13-11-16-31(36)37/h10,12,15,18,20-21,25-26,33,41H,2-9,11,13-14,16-17,19,22-24H2,1H3,(H2,39,45)(H,40,44)(H,42,43). The van der Waals surface area contributed by atoms with Crippen molar-refractivity contribution in [2.24, 2.45) is 5.73 Å². The zero-order valence-electron chi connectivity index (χ0n) is 27.5. The van der Waals surface area contributed by atoms with E-state index < -0.39 is 6.09 Å². The number of unbranched alkanes of at least 4 members (excludes halogenated alkanes) is 8. The molecule has 2 aromatic heterocycles. The molecule has 0 aliphatic heterocycles. The van der Waals surface area contributed by atoms with Gasteiger partial charge in [0.1, 0.15) is 0 Å². The summed E-state index contributed by atoms with van der Waals surface area (Å²) in [6.07, 6.45) is 18.3. The highest BCUT2D eigenvalue weighted by molar-refractivity contribution is 5.94. The molecule has 46 heavy (non-hydrogen) atoms. The van der Waals surface area contributed by atoms with Crippen LogP contribution in [0.15, 0.2) is 48.7 Å². The second kappa shape index (κ2) is 17.0. The van der Waals surface area contributed by atoms with Crippen LogP contribution < -0.4 is 16.4 Å². The van der Waals surface area contributed by atoms with Crippen LogP contribution in [0.4, 0.5) is 10.5 Å². The summed E-state index contributed by atoms with van der Waals surface area (Å²) in [4.78, 5) is 30.7. The maximum atomic E-state index is 11.5. The number of rotatable bonds is 18. The number of hydrogen-bond acceptors (Lipinski definition) is 5. The quantitative estimate of drug-likeness (QED) is 0.0827. The number of benzene rings is 2. The van der Waals surface area contributed by atoms with E-state index in [1.165, 1.54) is 90.2 Å². The Kier molecular flexibility index (Phi) is 12.3. The molecular formula is C38H51N5O3. The van der Waals surface area contributed by atoms with Crippen molar-refractivity contribution < 1.29 is 14.3 Å². The molecule has 8 heteroatoms. The number of ether oxygens (including phenoxy) is 1. The highest BCUT2D eigenvalue weighted by atomic mass is 16.5. The lowest BCUT2D eigenvalue weighted by Crippen LogP contribution is -2.22. The third-order valence-electron chi connectivity index (χ3n) is 9.33. The molecule has 4 aromatic rings. The second-order valence-electron chi connectivity index (χ2n) is 12.8. The number of aromatic amines is 1. The van der Waals surface area contributed by atoms with Crippen LogP contribution in [0.2, 0.25) is 0 Å². The van der Waals surface area contributed by atoms with Gasteiger partial charge in [0, 0.05) is 47.3 Å².